The van der Waals surface area contributed by atoms with Crippen LogP contribution in [0.5, 0.6) is 0 Å². The maximum absolute atomic E-state index is 14.8. The van der Waals surface area contributed by atoms with Gasteiger partial charge in [0.15, 0.2) is 0 Å². The van der Waals surface area contributed by atoms with Crippen LogP contribution >= 0.6 is 7.29 Å². The van der Waals surface area contributed by atoms with Gasteiger partial charge >= 0.3 is 0 Å². The number of carbonyl (C=O) groups is 1. The zero-order chi connectivity index (χ0) is 26.0. The molecule has 1 aliphatic rings. The number of benzene rings is 5. The predicted octanol–water partition coefficient (Wildman–Crippen LogP) is 6.67. The van der Waals surface area contributed by atoms with Crippen molar-refractivity contribution in [2.24, 2.45) is 11.8 Å². The van der Waals surface area contributed by atoms with Crippen molar-refractivity contribution in [3.05, 3.63) is 139 Å². The fourth-order valence-electron chi connectivity index (χ4n) is 5.23. The molecule has 5 aromatic rings. The third kappa shape index (κ3) is 4.93. The molecule has 0 bridgehead atoms. The van der Waals surface area contributed by atoms with Crippen LogP contribution in [0.2, 0.25) is 0 Å². The molecule has 1 fully saturated rings. The predicted molar refractivity (Wildman–Crippen MR) is 156 cm³/mol. The summed E-state index contributed by atoms with van der Waals surface area (Å²) < 4.78 is 14.8. The molecule has 0 heterocycles. The summed E-state index contributed by atoms with van der Waals surface area (Å²) in [5.41, 5.74) is 1.83. The maximum atomic E-state index is 14.8. The Hall–Kier alpha value is -3.98. The van der Waals surface area contributed by atoms with E-state index in [9.17, 15) is 9.36 Å². The highest BCUT2D eigenvalue weighted by Gasteiger charge is 2.50. The molecule has 3 atom stereocenters. The zero-order valence-corrected chi connectivity index (χ0v) is 21.8. The van der Waals surface area contributed by atoms with Crippen molar-refractivity contribution in [2.45, 2.75) is 12.5 Å². The lowest BCUT2D eigenvalue weighted by molar-refractivity contribution is -0.117. The number of anilines is 1. The highest BCUT2D eigenvalue weighted by atomic mass is 31.2. The van der Waals surface area contributed by atoms with Gasteiger partial charge < -0.3 is 5.32 Å². The second kappa shape index (κ2) is 10.4. The van der Waals surface area contributed by atoms with Gasteiger partial charge in [-0.2, -0.15) is 0 Å². The number of amides is 1. The summed E-state index contributed by atoms with van der Waals surface area (Å²) in [6, 6.07) is 43.1. The van der Waals surface area contributed by atoms with Crippen LogP contribution in [-0.4, -0.2) is 5.91 Å². The topological polar surface area (TPSA) is 58.2 Å². The van der Waals surface area contributed by atoms with E-state index in [1.807, 2.05) is 115 Å². The van der Waals surface area contributed by atoms with Crippen LogP contribution in [-0.2, 0) is 9.36 Å². The van der Waals surface area contributed by atoms with Crippen LogP contribution < -0.4 is 21.0 Å². The van der Waals surface area contributed by atoms with Crippen molar-refractivity contribution < 1.29 is 9.36 Å². The molecule has 1 saturated carbocycles. The van der Waals surface area contributed by atoms with Crippen molar-refractivity contribution in [3.8, 4) is 0 Å². The average molecular weight is 517 g/mol. The summed E-state index contributed by atoms with van der Waals surface area (Å²) in [6.45, 7) is 0. The number of hydrogen-bond acceptors (Lipinski definition) is 2. The third-order valence-electron chi connectivity index (χ3n) is 7.34. The Morgan fingerprint density at radius 3 is 1.87 bits per heavy atom. The molecule has 5 heteroatoms. The first-order chi connectivity index (χ1) is 18.6. The fourth-order valence-corrected chi connectivity index (χ4v) is 7.75. The molecule has 2 N–H and O–H groups in total. The van der Waals surface area contributed by atoms with Crippen molar-refractivity contribution in [3.63, 3.8) is 0 Å². The van der Waals surface area contributed by atoms with Gasteiger partial charge in [-0.3, -0.25) is 14.4 Å². The third-order valence-corrected chi connectivity index (χ3v) is 10.0. The minimum atomic E-state index is -3.19. The van der Waals surface area contributed by atoms with Crippen LogP contribution in [0.3, 0.4) is 0 Å². The number of fused-ring (bicyclic) bond motifs is 1. The largest absolute Gasteiger partial charge is 0.326 e. The first-order valence-corrected chi connectivity index (χ1v) is 14.7. The first-order valence-electron chi connectivity index (χ1n) is 13.0. The number of nitrogens with one attached hydrogen (secondary N) is 2. The number of hydrogen-bond donors (Lipinski definition) is 2. The molecule has 38 heavy (non-hydrogen) atoms. The fraction of sp³-hybridized carbons (Fsp3) is 0.121. The van der Waals surface area contributed by atoms with E-state index < -0.39 is 7.29 Å². The molecular formula is C33H29N2O2P. The summed E-state index contributed by atoms with van der Waals surface area (Å²) in [4.78, 5) is 13.4. The van der Waals surface area contributed by atoms with E-state index in [0.29, 0.717) is 0 Å². The quantitative estimate of drug-likeness (QED) is 0.226. The monoisotopic (exact) mass is 516 g/mol. The van der Waals surface area contributed by atoms with Crippen LogP contribution in [0.25, 0.3) is 10.8 Å². The van der Waals surface area contributed by atoms with Gasteiger partial charge in [-0.15, -0.1) is 0 Å². The van der Waals surface area contributed by atoms with Crippen LogP contribution in [0.1, 0.15) is 18.0 Å². The Labute approximate surface area is 223 Å². The van der Waals surface area contributed by atoms with E-state index >= 15 is 0 Å². The van der Waals surface area contributed by atoms with E-state index in [0.717, 1.165) is 39.1 Å². The summed E-state index contributed by atoms with van der Waals surface area (Å²) in [7, 11) is -3.19. The van der Waals surface area contributed by atoms with Gasteiger partial charge in [0.05, 0.1) is 0 Å². The lowest BCUT2D eigenvalue weighted by Crippen LogP contribution is -2.32. The molecule has 0 spiro atoms. The molecule has 0 aromatic heterocycles. The summed E-state index contributed by atoms with van der Waals surface area (Å²) >= 11 is 0. The van der Waals surface area contributed by atoms with E-state index in [2.05, 4.69) is 28.6 Å². The summed E-state index contributed by atoms with van der Waals surface area (Å²) in [5, 5.41) is 10.5. The Morgan fingerprint density at radius 1 is 0.684 bits per heavy atom. The standard InChI is InChI=1S/C33H29N2O2P/c36-33(34-27-21-20-24-12-10-11-15-26(24)22-27)31-23-30(31)32(25-13-4-1-5-14-25)35-38(37,28-16-6-2-7-17-28)29-18-8-3-9-19-29/h1-22,30-32H,23H2,(H,34,36)(H,35,37)/t30-,31+,32-/m1/s1. The smallest absolute Gasteiger partial charge is 0.227 e. The van der Waals surface area contributed by atoms with Gasteiger partial charge in [-0.05, 0) is 65.1 Å². The highest BCUT2D eigenvalue weighted by molar-refractivity contribution is 7.76. The molecule has 4 nitrogen and oxygen atoms in total. The molecule has 1 aliphatic carbocycles. The van der Waals surface area contributed by atoms with Crippen molar-refractivity contribution in [1.29, 1.82) is 0 Å². The average Bonchev–Trinajstić information content (AvgIpc) is 3.78. The van der Waals surface area contributed by atoms with Crippen molar-refractivity contribution >= 4 is 40.3 Å². The molecule has 1 amide bonds. The molecule has 0 unspecified atom stereocenters. The summed E-state index contributed by atoms with van der Waals surface area (Å²) in [5.74, 6) is -0.139. The SMILES string of the molecule is O=C(Nc1ccc2ccccc2c1)[C@H]1C[C@H]1[C@H](NP(=O)(c1ccccc1)c1ccccc1)c1ccccc1. The Kier molecular flexibility index (Phi) is 6.68. The lowest BCUT2D eigenvalue weighted by atomic mass is 10.0. The zero-order valence-electron chi connectivity index (χ0n) is 20.9. The molecule has 0 radical (unpaired) electrons. The minimum absolute atomic E-state index is 0.00210. The molecule has 6 rings (SSSR count). The Morgan fingerprint density at radius 2 is 1.24 bits per heavy atom. The highest BCUT2D eigenvalue weighted by Crippen LogP contribution is 2.52. The van der Waals surface area contributed by atoms with Crippen molar-refractivity contribution in [2.75, 3.05) is 5.32 Å². The number of rotatable bonds is 8. The summed E-state index contributed by atoms with van der Waals surface area (Å²) in [6.07, 6.45) is 0.732. The molecule has 5 aromatic carbocycles. The lowest BCUT2D eigenvalue weighted by Gasteiger charge is -2.28. The second-order valence-electron chi connectivity index (χ2n) is 9.86. The van der Waals surface area contributed by atoms with Crippen LogP contribution in [0.15, 0.2) is 133 Å². The van der Waals surface area contributed by atoms with Crippen LogP contribution in [0, 0.1) is 11.8 Å². The Balaban J connectivity index is 1.29. The van der Waals surface area contributed by atoms with E-state index in [4.69, 9.17) is 0 Å². The van der Waals surface area contributed by atoms with Gasteiger partial charge in [0.2, 0.25) is 13.2 Å². The van der Waals surface area contributed by atoms with Gasteiger partial charge in [0.1, 0.15) is 0 Å². The van der Waals surface area contributed by atoms with Gasteiger partial charge in [-0.25, -0.2) is 0 Å². The maximum Gasteiger partial charge on any atom is 0.227 e. The Bertz CT molecular complexity index is 1560. The van der Waals surface area contributed by atoms with E-state index in [1.54, 1.807) is 0 Å². The number of carbonyl (C=O) groups excluding carboxylic acids is 1. The van der Waals surface area contributed by atoms with Gasteiger partial charge in [0.25, 0.3) is 0 Å². The van der Waals surface area contributed by atoms with Crippen molar-refractivity contribution in [1.82, 2.24) is 5.09 Å². The van der Waals surface area contributed by atoms with Gasteiger partial charge in [-0.1, -0.05) is 97.1 Å². The normalized spacial score (nSPS) is 17.6. The van der Waals surface area contributed by atoms with Gasteiger partial charge in [0, 0.05) is 28.3 Å². The molecular weight excluding hydrogens is 487 g/mol. The first kappa shape index (κ1) is 24.4. The van der Waals surface area contributed by atoms with Crippen LogP contribution in [0.4, 0.5) is 5.69 Å². The molecule has 0 aliphatic heterocycles. The second-order valence-corrected chi connectivity index (χ2v) is 12.4. The van der Waals surface area contributed by atoms with E-state index in [1.165, 1.54) is 0 Å². The molecule has 0 saturated heterocycles. The minimum Gasteiger partial charge on any atom is -0.326 e. The molecule has 188 valence electrons. The van der Waals surface area contributed by atoms with E-state index in [-0.39, 0.29) is 23.8 Å².